The fraction of sp³-hybridized carbons (Fsp3) is 0.273. The monoisotopic (exact) mass is 295 g/mol. The van der Waals surface area contributed by atoms with Crippen molar-refractivity contribution in [3.63, 3.8) is 0 Å². The van der Waals surface area contributed by atoms with E-state index in [1.807, 2.05) is 0 Å². The Bertz CT molecular complexity index is 560. The van der Waals surface area contributed by atoms with Crippen molar-refractivity contribution in [1.82, 2.24) is 0 Å². The van der Waals surface area contributed by atoms with Crippen molar-refractivity contribution < 1.29 is 73.9 Å². The third-order valence-corrected chi connectivity index (χ3v) is 2.91. The molecule has 0 spiro atoms. The molecule has 1 amide bonds. The van der Waals surface area contributed by atoms with Gasteiger partial charge in [-0.05, 0) is 31.4 Å². The van der Waals surface area contributed by atoms with Gasteiger partial charge < -0.3 is 17.8 Å². The van der Waals surface area contributed by atoms with E-state index in [2.05, 4.69) is 0 Å². The van der Waals surface area contributed by atoms with E-state index in [-0.39, 0.29) is 62.6 Å². The molecular formula is C11H10BF3KNO2. The van der Waals surface area contributed by atoms with Crippen molar-refractivity contribution in [2.24, 2.45) is 0 Å². The number of Topliss-reactive ketones (excluding diaryl/α,β-unsaturated/α-hetero) is 1. The quantitative estimate of drug-likeness (QED) is 0.530. The minimum absolute atomic E-state index is 0. The number of nitrogens with zero attached hydrogens (tertiary/aromatic N) is 1. The maximum absolute atomic E-state index is 12.5. The van der Waals surface area contributed by atoms with Crippen LogP contribution >= 0.6 is 0 Å². The van der Waals surface area contributed by atoms with Crippen molar-refractivity contribution in [1.29, 1.82) is 0 Å². The maximum Gasteiger partial charge on any atom is 1.00 e. The molecule has 1 heterocycles. The molecule has 2 rings (SSSR count). The summed E-state index contributed by atoms with van der Waals surface area (Å²) in [5, 5.41) is 0. The van der Waals surface area contributed by atoms with E-state index in [1.165, 1.54) is 0 Å². The molecule has 0 saturated carbocycles. The Morgan fingerprint density at radius 3 is 2.16 bits per heavy atom. The summed E-state index contributed by atoms with van der Waals surface area (Å²) >= 11 is 0. The van der Waals surface area contributed by atoms with Crippen LogP contribution in [0.25, 0.3) is 0 Å². The molecule has 0 unspecified atom stereocenters. The van der Waals surface area contributed by atoms with Crippen molar-refractivity contribution in [2.75, 3.05) is 11.3 Å². The van der Waals surface area contributed by atoms with Crippen LogP contribution in [-0.4, -0.2) is 25.1 Å². The molecule has 0 atom stereocenters. The first kappa shape index (κ1) is 16.9. The first-order valence-electron chi connectivity index (χ1n) is 5.40. The molecule has 1 aromatic rings. The number of halogens is 3. The van der Waals surface area contributed by atoms with E-state index in [0.717, 1.165) is 0 Å². The molecule has 1 aliphatic rings. The van der Waals surface area contributed by atoms with Gasteiger partial charge in [0.1, 0.15) is 0 Å². The number of amides is 1. The summed E-state index contributed by atoms with van der Waals surface area (Å²) in [5.41, 5.74) is 1.21. The van der Waals surface area contributed by atoms with Gasteiger partial charge >= 0.3 is 58.4 Å². The molecule has 0 aromatic heterocycles. The number of aryl methyl sites for hydroxylation is 2. The van der Waals surface area contributed by atoms with Crippen LogP contribution in [0.3, 0.4) is 0 Å². The Morgan fingerprint density at radius 2 is 1.63 bits per heavy atom. The first-order valence-corrected chi connectivity index (χ1v) is 5.40. The summed E-state index contributed by atoms with van der Waals surface area (Å²) in [7, 11) is 0. The summed E-state index contributed by atoms with van der Waals surface area (Å²) in [6, 6.07) is 3.23. The molecule has 0 aliphatic carbocycles. The van der Waals surface area contributed by atoms with Crippen molar-refractivity contribution in [3.05, 3.63) is 28.8 Å². The summed E-state index contributed by atoms with van der Waals surface area (Å²) in [5.74, 6) is -1.95. The van der Waals surface area contributed by atoms with Crippen molar-refractivity contribution in [3.8, 4) is 0 Å². The molecule has 0 saturated heterocycles. The molecule has 3 nitrogen and oxygen atoms in total. The van der Waals surface area contributed by atoms with Gasteiger partial charge in [-0.15, -0.1) is 0 Å². The zero-order valence-electron chi connectivity index (χ0n) is 10.8. The third-order valence-electron chi connectivity index (χ3n) is 2.91. The van der Waals surface area contributed by atoms with Crippen LogP contribution in [-0.2, 0) is 4.79 Å². The largest absolute Gasteiger partial charge is 1.00 e. The van der Waals surface area contributed by atoms with Crippen molar-refractivity contribution >= 4 is 24.4 Å². The fourth-order valence-corrected chi connectivity index (χ4v) is 2.14. The number of hydrogen-bond acceptors (Lipinski definition) is 2. The second-order valence-electron chi connectivity index (χ2n) is 4.38. The molecule has 1 aromatic carbocycles. The topological polar surface area (TPSA) is 37.4 Å². The number of benzene rings is 1. The molecule has 8 heteroatoms. The summed E-state index contributed by atoms with van der Waals surface area (Å²) in [4.78, 5) is 23.9. The Hall–Kier alpha value is -0.149. The van der Waals surface area contributed by atoms with Crippen LogP contribution in [0.4, 0.5) is 18.6 Å². The molecule has 0 fully saturated rings. The smallest absolute Gasteiger partial charge is 0.448 e. The molecular weight excluding hydrogens is 285 g/mol. The second kappa shape index (κ2) is 5.69. The Kier molecular flexibility index (Phi) is 5.06. The molecule has 0 N–H and O–H groups in total. The van der Waals surface area contributed by atoms with Gasteiger partial charge in [-0.3, -0.25) is 9.59 Å². The Balaban J connectivity index is 0.00000180. The Morgan fingerprint density at radius 1 is 1.11 bits per heavy atom. The maximum atomic E-state index is 12.5. The van der Waals surface area contributed by atoms with Crippen LogP contribution < -0.4 is 56.3 Å². The van der Waals surface area contributed by atoms with Gasteiger partial charge in [0.25, 0.3) is 11.7 Å². The van der Waals surface area contributed by atoms with Gasteiger partial charge in [0.05, 0.1) is 11.3 Å². The minimum atomic E-state index is -5.17. The van der Waals surface area contributed by atoms with Crippen LogP contribution in [0.1, 0.15) is 21.5 Å². The summed E-state index contributed by atoms with van der Waals surface area (Å²) in [6.45, 7) is -1.98. The van der Waals surface area contributed by atoms with E-state index < -0.39 is 25.1 Å². The summed E-state index contributed by atoms with van der Waals surface area (Å²) < 4.78 is 37.5. The van der Waals surface area contributed by atoms with Gasteiger partial charge in [-0.2, -0.15) is 0 Å². The number of rotatable bonds is 2. The average molecular weight is 295 g/mol. The van der Waals surface area contributed by atoms with E-state index in [4.69, 9.17) is 0 Å². The molecule has 1 aliphatic heterocycles. The number of carbonyl (C=O) groups is 2. The SMILES string of the molecule is Cc1ccc(C)c2c1C(=O)C(=O)N2C[B-](F)(F)F.[K+]. The molecule has 0 radical (unpaired) electrons. The Labute approximate surface area is 151 Å². The van der Waals surface area contributed by atoms with Crippen LogP contribution in [0.5, 0.6) is 0 Å². The first-order chi connectivity index (χ1) is 8.22. The minimum Gasteiger partial charge on any atom is -0.448 e. The van der Waals surface area contributed by atoms with Gasteiger partial charge in [0.2, 0.25) is 0 Å². The van der Waals surface area contributed by atoms with Crippen LogP contribution in [0.15, 0.2) is 12.1 Å². The number of carbonyl (C=O) groups excluding carboxylic acids is 2. The zero-order valence-corrected chi connectivity index (χ0v) is 14.0. The molecule has 19 heavy (non-hydrogen) atoms. The predicted molar refractivity (Wildman–Crippen MR) is 61.7 cm³/mol. The van der Waals surface area contributed by atoms with Gasteiger partial charge in [0, 0.05) is 0 Å². The third kappa shape index (κ3) is 3.13. The molecule has 0 bridgehead atoms. The molecule has 96 valence electrons. The van der Waals surface area contributed by atoms with Crippen LogP contribution in [0, 0.1) is 13.8 Å². The normalized spacial score (nSPS) is 14.5. The fourth-order valence-electron chi connectivity index (χ4n) is 2.14. The van der Waals surface area contributed by atoms with E-state index >= 15 is 0 Å². The number of hydrogen-bond donors (Lipinski definition) is 0. The average Bonchev–Trinajstić information content (AvgIpc) is 2.48. The van der Waals surface area contributed by atoms with Gasteiger partial charge in [-0.1, -0.05) is 12.1 Å². The zero-order chi connectivity index (χ0) is 13.7. The van der Waals surface area contributed by atoms with E-state index in [9.17, 15) is 22.5 Å². The number of fused-ring (bicyclic) bond motifs is 1. The number of anilines is 1. The summed E-state index contributed by atoms with van der Waals surface area (Å²) in [6.07, 6.45) is -1.37. The van der Waals surface area contributed by atoms with E-state index in [0.29, 0.717) is 16.0 Å². The van der Waals surface area contributed by atoms with Crippen molar-refractivity contribution in [2.45, 2.75) is 13.8 Å². The van der Waals surface area contributed by atoms with E-state index in [1.54, 1.807) is 26.0 Å². The second-order valence-corrected chi connectivity index (χ2v) is 4.38. The van der Waals surface area contributed by atoms with Gasteiger partial charge in [-0.25, -0.2) is 0 Å². The number of ketones is 1. The standard InChI is InChI=1S/C11H10BF3NO2.K/c1-6-3-4-7(2)9-8(6)10(17)11(18)16(9)5-12(13,14)15;/h3-4H,5H2,1-2H3;/q-1;+1. The predicted octanol–water partition coefficient (Wildman–Crippen LogP) is -0.777. The van der Waals surface area contributed by atoms with Gasteiger partial charge in [0.15, 0.2) is 0 Å². The van der Waals surface area contributed by atoms with Crippen LogP contribution in [0.2, 0.25) is 0 Å².